The van der Waals surface area contributed by atoms with Gasteiger partial charge in [0, 0.05) is 12.6 Å². The highest BCUT2D eigenvalue weighted by molar-refractivity contribution is 5.46. The lowest BCUT2D eigenvalue weighted by Crippen LogP contribution is -2.33. The predicted molar refractivity (Wildman–Crippen MR) is 63.9 cm³/mol. The van der Waals surface area contributed by atoms with Crippen LogP contribution in [0.2, 0.25) is 0 Å². The highest BCUT2D eigenvalue weighted by Gasteiger charge is 2.22. The summed E-state index contributed by atoms with van der Waals surface area (Å²) in [5, 5.41) is 0. The van der Waals surface area contributed by atoms with E-state index in [1.165, 1.54) is 25.7 Å². The van der Waals surface area contributed by atoms with Crippen molar-refractivity contribution >= 4 is 11.5 Å². The molecule has 2 N–H and O–H groups in total. The minimum atomic E-state index is 0.686. The minimum absolute atomic E-state index is 0.686. The van der Waals surface area contributed by atoms with Crippen molar-refractivity contribution in [3.63, 3.8) is 0 Å². The molecule has 82 valence electrons. The number of aromatic nitrogens is 1. The summed E-state index contributed by atoms with van der Waals surface area (Å²) in [4.78, 5) is 6.79. The molecule has 1 aromatic heterocycles. The maximum atomic E-state index is 5.64. The number of hydrogen-bond acceptors (Lipinski definition) is 3. The fourth-order valence-corrected chi connectivity index (χ4v) is 2.39. The molecular formula is C12H19N3. The first-order valence-electron chi connectivity index (χ1n) is 5.79. The molecule has 0 saturated heterocycles. The van der Waals surface area contributed by atoms with Crippen LogP contribution in [0, 0.1) is 0 Å². The largest absolute Gasteiger partial charge is 0.397 e. The van der Waals surface area contributed by atoms with Gasteiger partial charge in [-0.05, 0) is 31.9 Å². The first-order chi connectivity index (χ1) is 7.31. The summed E-state index contributed by atoms with van der Waals surface area (Å²) < 4.78 is 0. The van der Waals surface area contributed by atoms with Gasteiger partial charge in [0.2, 0.25) is 0 Å². The minimum Gasteiger partial charge on any atom is -0.397 e. The topological polar surface area (TPSA) is 42.1 Å². The number of hydrogen-bond donors (Lipinski definition) is 1. The lowest BCUT2D eigenvalue weighted by molar-refractivity contribution is 0.613. The van der Waals surface area contributed by atoms with Crippen LogP contribution < -0.4 is 10.6 Å². The molecule has 1 aliphatic carbocycles. The fraction of sp³-hybridized carbons (Fsp3) is 0.583. The molecule has 1 saturated carbocycles. The number of rotatable bonds is 3. The molecule has 2 rings (SSSR count). The molecule has 15 heavy (non-hydrogen) atoms. The van der Waals surface area contributed by atoms with E-state index < -0.39 is 0 Å². The van der Waals surface area contributed by atoms with E-state index in [9.17, 15) is 0 Å². The second kappa shape index (κ2) is 4.51. The van der Waals surface area contributed by atoms with Crippen molar-refractivity contribution in [2.24, 2.45) is 0 Å². The molecule has 1 fully saturated rings. The Bertz CT molecular complexity index is 301. The van der Waals surface area contributed by atoms with Gasteiger partial charge in [-0.3, -0.25) is 0 Å². The zero-order valence-electron chi connectivity index (χ0n) is 9.32. The van der Waals surface area contributed by atoms with Gasteiger partial charge in [-0.2, -0.15) is 0 Å². The molecule has 1 aromatic rings. The molecule has 0 bridgehead atoms. The van der Waals surface area contributed by atoms with Crippen molar-refractivity contribution < 1.29 is 0 Å². The van der Waals surface area contributed by atoms with Crippen molar-refractivity contribution in [3.8, 4) is 0 Å². The molecule has 0 aliphatic heterocycles. The van der Waals surface area contributed by atoms with Crippen LogP contribution in [-0.2, 0) is 0 Å². The van der Waals surface area contributed by atoms with Crippen molar-refractivity contribution in [3.05, 3.63) is 18.3 Å². The molecule has 1 heterocycles. The molecule has 0 amide bonds. The Morgan fingerprint density at radius 3 is 2.67 bits per heavy atom. The first-order valence-corrected chi connectivity index (χ1v) is 5.79. The van der Waals surface area contributed by atoms with E-state index in [0.29, 0.717) is 6.04 Å². The molecule has 0 unspecified atom stereocenters. The summed E-state index contributed by atoms with van der Waals surface area (Å²) in [5.74, 6) is 1.07. The van der Waals surface area contributed by atoms with E-state index >= 15 is 0 Å². The smallest absolute Gasteiger partial charge is 0.128 e. The lowest BCUT2D eigenvalue weighted by Gasteiger charge is -2.28. The van der Waals surface area contributed by atoms with Crippen LogP contribution in [-0.4, -0.2) is 17.6 Å². The Kier molecular flexibility index (Phi) is 3.09. The number of pyridine rings is 1. The van der Waals surface area contributed by atoms with Crippen LogP contribution in [0.1, 0.15) is 32.6 Å². The van der Waals surface area contributed by atoms with Crippen molar-refractivity contribution in [1.82, 2.24) is 4.98 Å². The summed E-state index contributed by atoms with van der Waals surface area (Å²) in [6, 6.07) is 4.64. The second-order valence-electron chi connectivity index (χ2n) is 4.17. The monoisotopic (exact) mass is 205 g/mol. The summed E-state index contributed by atoms with van der Waals surface area (Å²) in [5.41, 5.74) is 6.38. The van der Waals surface area contributed by atoms with Crippen molar-refractivity contribution in [1.29, 1.82) is 0 Å². The number of nitrogens with zero attached hydrogens (tertiary/aromatic N) is 2. The average molecular weight is 205 g/mol. The van der Waals surface area contributed by atoms with E-state index in [2.05, 4.69) is 16.8 Å². The van der Waals surface area contributed by atoms with Crippen molar-refractivity contribution in [2.75, 3.05) is 17.2 Å². The molecule has 3 heteroatoms. The summed E-state index contributed by atoms with van der Waals surface area (Å²) in [6.07, 6.45) is 7.07. The van der Waals surface area contributed by atoms with Gasteiger partial charge in [-0.15, -0.1) is 0 Å². The Balaban J connectivity index is 2.14. The third kappa shape index (κ3) is 2.22. The van der Waals surface area contributed by atoms with Gasteiger partial charge < -0.3 is 10.6 Å². The highest BCUT2D eigenvalue weighted by Crippen LogP contribution is 2.26. The normalized spacial score (nSPS) is 16.9. The quantitative estimate of drug-likeness (QED) is 0.824. The van der Waals surface area contributed by atoms with E-state index in [1.54, 1.807) is 6.20 Å². The molecule has 0 aromatic carbocycles. The first kappa shape index (κ1) is 10.3. The Morgan fingerprint density at radius 2 is 2.13 bits per heavy atom. The van der Waals surface area contributed by atoms with Crippen LogP contribution in [0.3, 0.4) is 0 Å². The number of nitrogen functional groups attached to an aromatic ring is 1. The third-order valence-corrected chi connectivity index (χ3v) is 3.17. The maximum Gasteiger partial charge on any atom is 0.128 e. The van der Waals surface area contributed by atoms with Gasteiger partial charge in [0.25, 0.3) is 0 Å². The van der Waals surface area contributed by atoms with Gasteiger partial charge in [0.05, 0.1) is 11.9 Å². The molecule has 3 nitrogen and oxygen atoms in total. The Hall–Kier alpha value is -1.25. The van der Waals surface area contributed by atoms with E-state index in [4.69, 9.17) is 5.73 Å². The van der Waals surface area contributed by atoms with Gasteiger partial charge in [-0.25, -0.2) is 4.98 Å². The van der Waals surface area contributed by atoms with Crippen LogP contribution >= 0.6 is 0 Å². The van der Waals surface area contributed by atoms with E-state index in [0.717, 1.165) is 18.1 Å². The fourth-order valence-electron chi connectivity index (χ4n) is 2.39. The molecular weight excluding hydrogens is 186 g/mol. The van der Waals surface area contributed by atoms with E-state index in [1.807, 2.05) is 12.1 Å². The number of anilines is 2. The molecule has 0 radical (unpaired) electrons. The standard InChI is InChI=1S/C12H19N3/c1-2-15(11-5-3-4-6-11)12-8-7-10(13)9-14-12/h7-9,11H,2-6,13H2,1H3. The molecule has 0 atom stereocenters. The SMILES string of the molecule is CCN(c1ccc(N)cn1)C1CCCC1. The van der Waals surface area contributed by atoms with Gasteiger partial charge in [0.15, 0.2) is 0 Å². The average Bonchev–Trinajstić information content (AvgIpc) is 2.75. The van der Waals surface area contributed by atoms with Crippen molar-refractivity contribution in [2.45, 2.75) is 38.6 Å². The van der Waals surface area contributed by atoms with Crippen LogP contribution in [0.15, 0.2) is 18.3 Å². The second-order valence-corrected chi connectivity index (χ2v) is 4.17. The van der Waals surface area contributed by atoms with Gasteiger partial charge in [-0.1, -0.05) is 12.8 Å². The van der Waals surface area contributed by atoms with Gasteiger partial charge >= 0.3 is 0 Å². The lowest BCUT2D eigenvalue weighted by atomic mass is 10.2. The highest BCUT2D eigenvalue weighted by atomic mass is 15.2. The zero-order valence-corrected chi connectivity index (χ0v) is 9.32. The maximum absolute atomic E-state index is 5.64. The Morgan fingerprint density at radius 1 is 1.40 bits per heavy atom. The van der Waals surface area contributed by atoms with Crippen LogP contribution in [0.4, 0.5) is 11.5 Å². The third-order valence-electron chi connectivity index (χ3n) is 3.17. The van der Waals surface area contributed by atoms with E-state index in [-0.39, 0.29) is 0 Å². The molecule has 0 spiro atoms. The Labute approximate surface area is 91.3 Å². The van der Waals surface area contributed by atoms with Crippen LogP contribution in [0.25, 0.3) is 0 Å². The summed E-state index contributed by atoms with van der Waals surface area (Å²) >= 11 is 0. The zero-order chi connectivity index (χ0) is 10.7. The summed E-state index contributed by atoms with van der Waals surface area (Å²) in [7, 11) is 0. The molecule has 1 aliphatic rings. The predicted octanol–water partition coefficient (Wildman–Crippen LogP) is 2.43. The van der Waals surface area contributed by atoms with Crippen LogP contribution in [0.5, 0.6) is 0 Å². The summed E-state index contributed by atoms with van der Waals surface area (Å²) in [6.45, 7) is 3.22. The van der Waals surface area contributed by atoms with Gasteiger partial charge in [0.1, 0.15) is 5.82 Å². The number of nitrogens with two attached hydrogens (primary N) is 1.